The van der Waals surface area contributed by atoms with Crippen molar-refractivity contribution in [3.8, 4) is 17.6 Å². The minimum absolute atomic E-state index is 0.116. The van der Waals surface area contributed by atoms with Crippen molar-refractivity contribution in [2.24, 2.45) is 0 Å². The molecule has 0 aliphatic carbocycles. The van der Waals surface area contributed by atoms with Crippen LogP contribution in [0, 0.1) is 21.4 Å². The van der Waals surface area contributed by atoms with E-state index < -0.39 is 28.3 Å². The van der Waals surface area contributed by atoms with Gasteiger partial charge in [0.05, 0.1) is 16.5 Å². The van der Waals surface area contributed by atoms with Crippen LogP contribution in [0.1, 0.15) is 29.7 Å². The summed E-state index contributed by atoms with van der Waals surface area (Å²) in [6.45, 7) is 1.79. The monoisotopic (exact) mass is 481 g/mol. The number of halogens is 3. The number of carbonyl (C=O) groups is 1. The van der Waals surface area contributed by atoms with Crippen LogP contribution < -0.4 is 10.1 Å². The predicted molar refractivity (Wildman–Crippen MR) is 121 cm³/mol. The normalized spacial score (nSPS) is 12.4. The largest absolute Gasteiger partial charge is 0.450 e. The van der Waals surface area contributed by atoms with Crippen LogP contribution in [-0.4, -0.2) is 10.8 Å². The van der Waals surface area contributed by atoms with E-state index in [9.17, 15) is 33.3 Å². The number of carbonyl (C=O) groups excluding carboxylic acids is 1. The molecule has 0 bridgehead atoms. The Kier molecular flexibility index (Phi) is 7.51. The van der Waals surface area contributed by atoms with Crippen LogP contribution in [0.3, 0.4) is 0 Å². The molecule has 0 heterocycles. The first-order chi connectivity index (χ1) is 16.6. The van der Waals surface area contributed by atoms with Crippen LogP contribution in [0.2, 0.25) is 0 Å². The molecular weight excluding hydrogens is 463 g/mol. The van der Waals surface area contributed by atoms with Gasteiger partial charge in [0.15, 0.2) is 0 Å². The van der Waals surface area contributed by atoms with E-state index in [1.165, 1.54) is 30.3 Å². The van der Waals surface area contributed by atoms with E-state index in [1.54, 1.807) is 6.92 Å². The number of rotatable bonds is 7. The fourth-order valence-corrected chi connectivity index (χ4v) is 3.10. The molecule has 0 aliphatic heterocycles. The second kappa shape index (κ2) is 10.5. The van der Waals surface area contributed by atoms with Crippen molar-refractivity contribution in [3.63, 3.8) is 0 Å². The van der Waals surface area contributed by atoms with Crippen molar-refractivity contribution < 1.29 is 27.6 Å². The Morgan fingerprint density at radius 2 is 1.77 bits per heavy atom. The molecule has 1 atom stereocenters. The van der Waals surface area contributed by atoms with Crippen molar-refractivity contribution in [1.82, 2.24) is 5.32 Å². The minimum atomic E-state index is -4.74. The number of nitrogens with zero attached hydrogens (tertiary/aromatic N) is 2. The molecule has 10 heteroatoms. The van der Waals surface area contributed by atoms with Gasteiger partial charge in [-0.1, -0.05) is 42.5 Å². The Labute approximate surface area is 198 Å². The first-order valence-corrected chi connectivity index (χ1v) is 10.2. The molecule has 3 aromatic carbocycles. The number of nitriles is 1. The summed E-state index contributed by atoms with van der Waals surface area (Å²) in [5.74, 6) is -0.812. The van der Waals surface area contributed by atoms with Gasteiger partial charge in [0.25, 0.3) is 5.91 Å². The van der Waals surface area contributed by atoms with Crippen LogP contribution in [0.4, 0.5) is 18.9 Å². The van der Waals surface area contributed by atoms with Gasteiger partial charge in [-0.05, 0) is 48.4 Å². The number of hydrogen-bond donors (Lipinski definition) is 1. The number of nitro groups is 1. The zero-order chi connectivity index (χ0) is 25.6. The van der Waals surface area contributed by atoms with Gasteiger partial charge in [-0.25, -0.2) is 0 Å². The summed E-state index contributed by atoms with van der Waals surface area (Å²) >= 11 is 0. The van der Waals surface area contributed by atoms with Gasteiger partial charge in [0.1, 0.15) is 17.4 Å². The smallest absolute Gasteiger partial charge is 0.416 e. The van der Waals surface area contributed by atoms with E-state index >= 15 is 0 Å². The molecule has 7 nitrogen and oxygen atoms in total. The van der Waals surface area contributed by atoms with Crippen molar-refractivity contribution in [2.75, 3.05) is 0 Å². The van der Waals surface area contributed by atoms with Gasteiger partial charge in [-0.15, -0.1) is 0 Å². The highest BCUT2D eigenvalue weighted by molar-refractivity contribution is 6.01. The number of nitro benzene ring substituents is 1. The van der Waals surface area contributed by atoms with Gasteiger partial charge < -0.3 is 10.1 Å². The lowest BCUT2D eigenvalue weighted by molar-refractivity contribution is -0.385. The first-order valence-electron chi connectivity index (χ1n) is 10.2. The highest BCUT2D eigenvalue weighted by Crippen LogP contribution is 2.37. The van der Waals surface area contributed by atoms with Crippen molar-refractivity contribution >= 4 is 17.7 Å². The number of ether oxygens (including phenoxy) is 1. The zero-order valence-electron chi connectivity index (χ0n) is 18.2. The lowest BCUT2D eigenvalue weighted by atomic mass is 10.1. The van der Waals surface area contributed by atoms with Gasteiger partial charge >= 0.3 is 11.9 Å². The molecule has 1 N–H and O–H groups in total. The van der Waals surface area contributed by atoms with E-state index in [0.29, 0.717) is 17.7 Å². The average molecular weight is 481 g/mol. The maximum atomic E-state index is 12.9. The van der Waals surface area contributed by atoms with E-state index in [4.69, 9.17) is 4.74 Å². The first kappa shape index (κ1) is 25.0. The molecule has 178 valence electrons. The third kappa shape index (κ3) is 6.45. The lowest BCUT2D eigenvalue weighted by Gasteiger charge is -2.13. The van der Waals surface area contributed by atoms with Gasteiger partial charge in [-0.3, -0.25) is 14.9 Å². The molecule has 3 rings (SSSR count). The second-order valence-corrected chi connectivity index (χ2v) is 7.38. The number of nitrogens with one attached hydrogen (secondary N) is 1. The predicted octanol–water partition coefficient (Wildman–Crippen LogP) is 6.19. The molecule has 1 amide bonds. The van der Waals surface area contributed by atoms with Gasteiger partial charge in [0.2, 0.25) is 5.75 Å². The van der Waals surface area contributed by atoms with Crippen LogP contribution in [0.15, 0.2) is 78.4 Å². The molecule has 0 saturated carbocycles. The highest BCUT2D eigenvalue weighted by Gasteiger charge is 2.33. The Hall–Kier alpha value is -4.65. The molecule has 0 fully saturated rings. The van der Waals surface area contributed by atoms with Crippen molar-refractivity contribution in [2.45, 2.75) is 19.1 Å². The number of hydrogen-bond acceptors (Lipinski definition) is 5. The lowest BCUT2D eigenvalue weighted by Crippen LogP contribution is -2.27. The Bertz CT molecular complexity index is 1300. The van der Waals surface area contributed by atoms with E-state index in [0.717, 1.165) is 11.6 Å². The zero-order valence-corrected chi connectivity index (χ0v) is 18.2. The molecule has 0 aliphatic rings. The summed E-state index contributed by atoms with van der Waals surface area (Å²) in [6, 6.07) is 18.5. The second-order valence-electron chi connectivity index (χ2n) is 7.38. The molecule has 0 unspecified atom stereocenters. The van der Waals surface area contributed by atoms with E-state index in [-0.39, 0.29) is 23.1 Å². The van der Waals surface area contributed by atoms with E-state index in [1.807, 2.05) is 36.4 Å². The molecule has 0 spiro atoms. The number of alkyl halides is 3. The van der Waals surface area contributed by atoms with E-state index in [2.05, 4.69) is 5.32 Å². The van der Waals surface area contributed by atoms with Gasteiger partial charge in [-0.2, -0.15) is 18.4 Å². The maximum absolute atomic E-state index is 12.9. The highest BCUT2D eigenvalue weighted by atomic mass is 19.4. The van der Waals surface area contributed by atoms with Crippen LogP contribution in [0.5, 0.6) is 11.5 Å². The van der Waals surface area contributed by atoms with Crippen LogP contribution in [-0.2, 0) is 11.0 Å². The third-order valence-electron chi connectivity index (χ3n) is 4.91. The van der Waals surface area contributed by atoms with Crippen LogP contribution in [0.25, 0.3) is 6.08 Å². The molecule has 35 heavy (non-hydrogen) atoms. The third-order valence-corrected chi connectivity index (χ3v) is 4.91. The summed E-state index contributed by atoms with van der Waals surface area (Å²) < 4.78 is 44.0. The summed E-state index contributed by atoms with van der Waals surface area (Å²) in [4.78, 5) is 22.7. The maximum Gasteiger partial charge on any atom is 0.416 e. The molecular formula is C25H18F3N3O4. The minimum Gasteiger partial charge on any atom is -0.450 e. The van der Waals surface area contributed by atoms with Crippen molar-refractivity contribution in [3.05, 3.63) is 105 Å². The molecule has 0 radical (unpaired) electrons. The summed E-state index contributed by atoms with van der Waals surface area (Å²) in [7, 11) is 0. The summed E-state index contributed by atoms with van der Waals surface area (Å²) in [5, 5.41) is 23.4. The topological polar surface area (TPSA) is 105 Å². The summed E-state index contributed by atoms with van der Waals surface area (Å²) in [6.07, 6.45) is -3.38. The van der Waals surface area contributed by atoms with Gasteiger partial charge in [0, 0.05) is 6.07 Å². The Morgan fingerprint density at radius 3 is 2.34 bits per heavy atom. The molecule has 0 aromatic heterocycles. The quantitative estimate of drug-likeness (QED) is 0.187. The standard InChI is InChI=1S/C25H18F3N3O4/c1-16(18-5-3-2-4-6-18)30-24(32)19(15-29)13-17-7-10-21(11-8-17)35-23-12-9-20(25(26,27)28)14-22(23)31(33)34/h2-14,16H,1H3,(H,30,32)/b19-13-/t16-/m0/s1. The average Bonchev–Trinajstić information content (AvgIpc) is 2.83. The van der Waals surface area contributed by atoms with Crippen LogP contribution >= 0.6 is 0 Å². The summed E-state index contributed by atoms with van der Waals surface area (Å²) in [5.41, 5.74) is -0.796. The number of amides is 1. The Balaban J connectivity index is 1.75. The fraction of sp³-hybridized carbons (Fsp3) is 0.120. The number of benzene rings is 3. The molecule has 0 saturated heterocycles. The Morgan fingerprint density at radius 1 is 1.11 bits per heavy atom. The molecule has 3 aromatic rings. The fourth-order valence-electron chi connectivity index (χ4n) is 3.10. The SMILES string of the molecule is C[C@H](NC(=O)/C(C#N)=C\c1ccc(Oc2ccc(C(F)(F)F)cc2[N+](=O)[O-])cc1)c1ccccc1. The van der Waals surface area contributed by atoms with Crippen molar-refractivity contribution in [1.29, 1.82) is 5.26 Å².